The molecule has 0 atom stereocenters. The molecule has 0 spiro atoms. The number of benzene rings is 1. The summed E-state index contributed by atoms with van der Waals surface area (Å²) in [5.41, 5.74) is 0.870. The number of rotatable bonds is 4. The van der Waals surface area contributed by atoms with Crippen molar-refractivity contribution in [3.05, 3.63) is 34.1 Å². The van der Waals surface area contributed by atoms with Gasteiger partial charge in [0.2, 0.25) is 0 Å². The largest absolute Gasteiger partial charge is 0.395 e. The molecule has 0 unspecified atom stereocenters. The number of nitrogens with one attached hydrogen (secondary N) is 1. The molecular formula is C9H11BrFNO. The summed E-state index contributed by atoms with van der Waals surface area (Å²) < 4.78 is 13.4. The van der Waals surface area contributed by atoms with Gasteiger partial charge in [0.25, 0.3) is 0 Å². The van der Waals surface area contributed by atoms with Crippen molar-refractivity contribution in [3.8, 4) is 0 Å². The minimum Gasteiger partial charge on any atom is -0.395 e. The van der Waals surface area contributed by atoms with Gasteiger partial charge in [-0.15, -0.1) is 0 Å². The summed E-state index contributed by atoms with van der Waals surface area (Å²) in [6, 6.07) is 4.97. The van der Waals surface area contributed by atoms with Crippen LogP contribution in [0.15, 0.2) is 22.7 Å². The van der Waals surface area contributed by atoms with Crippen LogP contribution in [0.1, 0.15) is 5.56 Å². The summed E-state index contributed by atoms with van der Waals surface area (Å²) in [5.74, 6) is -0.261. The molecule has 0 saturated heterocycles. The van der Waals surface area contributed by atoms with E-state index in [1.807, 2.05) is 6.07 Å². The average Bonchev–Trinajstić information content (AvgIpc) is 2.12. The molecule has 0 radical (unpaired) electrons. The Labute approximate surface area is 84.9 Å². The van der Waals surface area contributed by atoms with Gasteiger partial charge in [0.1, 0.15) is 5.82 Å². The topological polar surface area (TPSA) is 32.3 Å². The van der Waals surface area contributed by atoms with E-state index in [9.17, 15) is 4.39 Å². The fourth-order valence-corrected chi connectivity index (χ4v) is 1.21. The lowest BCUT2D eigenvalue weighted by Crippen LogP contribution is -2.17. The highest BCUT2D eigenvalue weighted by atomic mass is 79.9. The highest BCUT2D eigenvalue weighted by Crippen LogP contribution is 2.15. The van der Waals surface area contributed by atoms with Crippen LogP contribution in [0, 0.1) is 5.82 Å². The first-order valence-electron chi connectivity index (χ1n) is 3.99. The maximum absolute atomic E-state index is 13.0. The van der Waals surface area contributed by atoms with Gasteiger partial charge in [-0.2, -0.15) is 0 Å². The van der Waals surface area contributed by atoms with Crippen molar-refractivity contribution in [2.75, 3.05) is 13.2 Å². The molecule has 0 aliphatic rings. The highest BCUT2D eigenvalue weighted by Gasteiger charge is 1.99. The molecule has 4 heteroatoms. The fraction of sp³-hybridized carbons (Fsp3) is 0.333. The first-order valence-corrected chi connectivity index (χ1v) is 4.79. The zero-order valence-electron chi connectivity index (χ0n) is 7.06. The van der Waals surface area contributed by atoms with E-state index in [1.54, 1.807) is 6.07 Å². The number of aliphatic hydroxyl groups excluding tert-OH is 1. The molecule has 1 rings (SSSR count). The summed E-state index contributed by atoms with van der Waals surface area (Å²) in [7, 11) is 0. The molecule has 0 saturated carbocycles. The summed E-state index contributed by atoms with van der Waals surface area (Å²) in [5, 5.41) is 11.5. The monoisotopic (exact) mass is 247 g/mol. The van der Waals surface area contributed by atoms with Gasteiger partial charge in [0.05, 0.1) is 11.1 Å². The zero-order valence-corrected chi connectivity index (χ0v) is 8.64. The van der Waals surface area contributed by atoms with Crippen molar-refractivity contribution in [2.45, 2.75) is 6.54 Å². The standard InChI is InChI=1S/C9H11BrFNO/c10-8-2-1-7(5-9(8)11)6-12-3-4-13/h1-2,5,12-13H,3-4,6H2. The van der Waals surface area contributed by atoms with Crippen molar-refractivity contribution in [1.29, 1.82) is 0 Å². The van der Waals surface area contributed by atoms with E-state index >= 15 is 0 Å². The highest BCUT2D eigenvalue weighted by molar-refractivity contribution is 9.10. The molecule has 0 aromatic heterocycles. The Hall–Kier alpha value is -0.450. The van der Waals surface area contributed by atoms with Crippen LogP contribution >= 0.6 is 15.9 Å². The van der Waals surface area contributed by atoms with E-state index < -0.39 is 0 Å². The summed E-state index contributed by atoms with van der Waals surface area (Å²) >= 11 is 3.08. The van der Waals surface area contributed by atoms with E-state index in [1.165, 1.54) is 6.07 Å². The molecule has 72 valence electrons. The minimum atomic E-state index is -0.261. The Morgan fingerprint density at radius 3 is 2.85 bits per heavy atom. The number of hydrogen-bond donors (Lipinski definition) is 2. The fourth-order valence-electron chi connectivity index (χ4n) is 0.961. The van der Waals surface area contributed by atoms with Crippen molar-refractivity contribution in [1.82, 2.24) is 5.32 Å². The molecule has 0 bridgehead atoms. The Morgan fingerprint density at radius 2 is 2.23 bits per heavy atom. The number of hydrogen-bond acceptors (Lipinski definition) is 2. The van der Waals surface area contributed by atoms with Crippen LogP contribution in [-0.4, -0.2) is 18.3 Å². The van der Waals surface area contributed by atoms with Gasteiger partial charge < -0.3 is 10.4 Å². The van der Waals surface area contributed by atoms with Gasteiger partial charge in [-0.25, -0.2) is 4.39 Å². The molecular weight excluding hydrogens is 237 g/mol. The molecule has 13 heavy (non-hydrogen) atoms. The lowest BCUT2D eigenvalue weighted by Gasteiger charge is -2.03. The zero-order chi connectivity index (χ0) is 9.68. The first-order chi connectivity index (χ1) is 6.24. The lowest BCUT2D eigenvalue weighted by molar-refractivity contribution is 0.292. The third kappa shape index (κ3) is 3.42. The van der Waals surface area contributed by atoms with Crippen LogP contribution in [0.4, 0.5) is 4.39 Å². The predicted octanol–water partition coefficient (Wildman–Crippen LogP) is 1.67. The molecule has 2 nitrogen and oxygen atoms in total. The van der Waals surface area contributed by atoms with Gasteiger partial charge in [-0.05, 0) is 33.6 Å². The Morgan fingerprint density at radius 1 is 1.46 bits per heavy atom. The van der Waals surface area contributed by atoms with E-state index in [2.05, 4.69) is 21.2 Å². The van der Waals surface area contributed by atoms with Gasteiger partial charge in [-0.3, -0.25) is 0 Å². The van der Waals surface area contributed by atoms with Crippen molar-refractivity contribution < 1.29 is 9.50 Å². The maximum Gasteiger partial charge on any atom is 0.137 e. The summed E-state index contributed by atoms with van der Waals surface area (Å²) in [6.07, 6.45) is 0. The molecule has 1 aromatic carbocycles. The van der Waals surface area contributed by atoms with Gasteiger partial charge >= 0.3 is 0 Å². The Balaban J connectivity index is 2.53. The normalized spacial score (nSPS) is 10.4. The second-order valence-corrected chi connectivity index (χ2v) is 3.50. The molecule has 0 aliphatic carbocycles. The van der Waals surface area contributed by atoms with E-state index in [4.69, 9.17) is 5.11 Å². The summed E-state index contributed by atoms with van der Waals surface area (Å²) in [6.45, 7) is 1.20. The molecule has 0 heterocycles. The second kappa shape index (κ2) is 5.32. The summed E-state index contributed by atoms with van der Waals surface area (Å²) in [4.78, 5) is 0. The van der Waals surface area contributed by atoms with Crippen LogP contribution in [0.3, 0.4) is 0 Å². The molecule has 0 aliphatic heterocycles. The molecule has 0 amide bonds. The van der Waals surface area contributed by atoms with Crippen LogP contribution < -0.4 is 5.32 Å². The maximum atomic E-state index is 13.0. The van der Waals surface area contributed by atoms with Crippen LogP contribution in [0.5, 0.6) is 0 Å². The lowest BCUT2D eigenvalue weighted by atomic mass is 10.2. The molecule has 2 N–H and O–H groups in total. The van der Waals surface area contributed by atoms with Crippen molar-refractivity contribution in [3.63, 3.8) is 0 Å². The van der Waals surface area contributed by atoms with E-state index in [-0.39, 0.29) is 12.4 Å². The SMILES string of the molecule is OCCNCc1ccc(Br)c(F)c1. The predicted molar refractivity (Wildman–Crippen MR) is 52.9 cm³/mol. The second-order valence-electron chi connectivity index (χ2n) is 2.65. The third-order valence-electron chi connectivity index (χ3n) is 1.60. The third-order valence-corrected chi connectivity index (χ3v) is 2.24. The van der Waals surface area contributed by atoms with E-state index in [0.29, 0.717) is 17.6 Å². The number of aliphatic hydroxyl groups is 1. The minimum absolute atomic E-state index is 0.0962. The average molecular weight is 248 g/mol. The Kier molecular flexibility index (Phi) is 4.35. The smallest absolute Gasteiger partial charge is 0.137 e. The first kappa shape index (κ1) is 10.6. The van der Waals surface area contributed by atoms with Crippen molar-refractivity contribution >= 4 is 15.9 Å². The molecule has 0 fully saturated rings. The van der Waals surface area contributed by atoms with Crippen LogP contribution in [0.25, 0.3) is 0 Å². The van der Waals surface area contributed by atoms with Gasteiger partial charge in [0.15, 0.2) is 0 Å². The number of halogens is 2. The van der Waals surface area contributed by atoms with Crippen molar-refractivity contribution in [2.24, 2.45) is 0 Å². The van der Waals surface area contributed by atoms with E-state index in [0.717, 1.165) is 5.56 Å². The quantitative estimate of drug-likeness (QED) is 0.794. The van der Waals surface area contributed by atoms with Crippen LogP contribution in [-0.2, 0) is 6.54 Å². The van der Waals surface area contributed by atoms with Gasteiger partial charge in [0, 0.05) is 13.1 Å². The van der Waals surface area contributed by atoms with Crippen LogP contribution in [0.2, 0.25) is 0 Å². The van der Waals surface area contributed by atoms with Gasteiger partial charge in [-0.1, -0.05) is 6.07 Å². The Bertz CT molecular complexity index is 280. The molecule has 1 aromatic rings.